The number of amides is 2. The molecule has 2 aromatic rings. The molecule has 1 saturated heterocycles. The van der Waals surface area contributed by atoms with Gasteiger partial charge in [0.1, 0.15) is 0 Å². The van der Waals surface area contributed by atoms with Crippen molar-refractivity contribution < 1.29 is 9.59 Å². The summed E-state index contributed by atoms with van der Waals surface area (Å²) in [6.45, 7) is 2.43. The zero-order valence-electron chi connectivity index (χ0n) is 13.5. The van der Waals surface area contributed by atoms with Crippen LogP contribution in [0.25, 0.3) is 0 Å². The maximum atomic E-state index is 12.9. The summed E-state index contributed by atoms with van der Waals surface area (Å²) in [6, 6.07) is 13.1. The maximum absolute atomic E-state index is 12.9. The van der Waals surface area contributed by atoms with Crippen LogP contribution in [0.5, 0.6) is 0 Å². The van der Waals surface area contributed by atoms with E-state index in [4.69, 9.17) is 11.6 Å². The highest BCUT2D eigenvalue weighted by Gasteiger charge is 2.54. The number of benzene rings is 2. The summed E-state index contributed by atoms with van der Waals surface area (Å²) in [5, 5.41) is 10.2. The number of aryl methyl sites for hydroxylation is 1. The SMILES string of the molecule is Cc1ccccc1CN1N=N[C@H]2C(=O)N(c3cccc(Cl)c3)C(=O)[C@H]21. The minimum Gasteiger partial charge on any atom is -0.271 e. The number of imide groups is 1. The molecule has 0 N–H and O–H groups in total. The second kappa shape index (κ2) is 5.97. The Hall–Kier alpha value is -2.73. The molecule has 0 spiro atoms. The van der Waals surface area contributed by atoms with Crippen LogP contribution in [-0.4, -0.2) is 28.9 Å². The van der Waals surface area contributed by atoms with Crippen LogP contribution in [0.3, 0.4) is 0 Å². The third-order valence-electron chi connectivity index (χ3n) is 4.52. The van der Waals surface area contributed by atoms with Crippen LogP contribution in [-0.2, 0) is 16.1 Å². The Morgan fingerprint density at radius 1 is 1.08 bits per heavy atom. The van der Waals surface area contributed by atoms with Crippen molar-refractivity contribution >= 4 is 29.1 Å². The highest BCUT2D eigenvalue weighted by Crippen LogP contribution is 2.33. The topological polar surface area (TPSA) is 65.3 Å². The lowest BCUT2D eigenvalue weighted by Gasteiger charge is -2.21. The Morgan fingerprint density at radius 2 is 1.88 bits per heavy atom. The fraction of sp³-hybridized carbons (Fsp3) is 0.222. The summed E-state index contributed by atoms with van der Waals surface area (Å²) in [4.78, 5) is 26.7. The Balaban J connectivity index is 1.63. The number of rotatable bonds is 3. The van der Waals surface area contributed by atoms with Gasteiger partial charge in [-0.15, -0.1) is 0 Å². The van der Waals surface area contributed by atoms with Crippen molar-refractivity contribution in [3.63, 3.8) is 0 Å². The predicted molar refractivity (Wildman–Crippen MR) is 93.1 cm³/mol. The zero-order valence-corrected chi connectivity index (χ0v) is 14.2. The third-order valence-corrected chi connectivity index (χ3v) is 4.75. The number of carbonyl (C=O) groups is 2. The molecule has 0 bridgehead atoms. The van der Waals surface area contributed by atoms with Gasteiger partial charge < -0.3 is 0 Å². The van der Waals surface area contributed by atoms with Crippen LogP contribution >= 0.6 is 11.6 Å². The molecule has 6 nitrogen and oxygen atoms in total. The first-order valence-corrected chi connectivity index (χ1v) is 8.29. The molecule has 2 aromatic carbocycles. The van der Waals surface area contributed by atoms with Crippen LogP contribution in [0.4, 0.5) is 5.69 Å². The molecule has 0 aliphatic carbocycles. The summed E-state index contributed by atoms with van der Waals surface area (Å²) < 4.78 is 0. The van der Waals surface area contributed by atoms with Gasteiger partial charge in [0.25, 0.3) is 11.8 Å². The van der Waals surface area contributed by atoms with Gasteiger partial charge >= 0.3 is 0 Å². The first kappa shape index (κ1) is 15.8. The van der Waals surface area contributed by atoms with E-state index in [1.165, 1.54) is 0 Å². The molecular weight excluding hydrogens is 340 g/mol. The van der Waals surface area contributed by atoms with E-state index in [1.54, 1.807) is 29.3 Å². The van der Waals surface area contributed by atoms with Gasteiger partial charge in [-0.25, -0.2) is 4.90 Å². The molecule has 2 atom stereocenters. The van der Waals surface area contributed by atoms with E-state index in [0.717, 1.165) is 16.0 Å². The van der Waals surface area contributed by atoms with Crippen LogP contribution in [0.15, 0.2) is 58.9 Å². The van der Waals surface area contributed by atoms with Crippen LogP contribution in [0, 0.1) is 6.92 Å². The Labute approximate surface area is 149 Å². The van der Waals surface area contributed by atoms with Crippen LogP contribution in [0.2, 0.25) is 5.02 Å². The Morgan fingerprint density at radius 3 is 2.64 bits per heavy atom. The Bertz CT molecular complexity index is 898. The van der Waals surface area contributed by atoms with Gasteiger partial charge in [-0.1, -0.05) is 47.2 Å². The van der Waals surface area contributed by atoms with E-state index < -0.39 is 12.1 Å². The van der Waals surface area contributed by atoms with Crippen molar-refractivity contribution in [2.75, 3.05) is 4.90 Å². The lowest BCUT2D eigenvalue weighted by molar-refractivity contribution is -0.123. The van der Waals surface area contributed by atoms with Crippen LogP contribution in [0.1, 0.15) is 11.1 Å². The van der Waals surface area contributed by atoms with Crippen molar-refractivity contribution in [3.8, 4) is 0 Å². The third kappa shape index (κ3) is 2.59. The minimum atomic E-state index is -0.796. The van der Waals surface area contributed by atoms with Crippen LogP contribution < -0.4 is 4.90 Å². The van der Waals surface area contributed by atoms with Gasteiger partial charge in [0.05, 0.1) is 12.2 Å². The summed E-state index contributed by atoms with van der Waals surface area (Å²) in [6.07, 6.45) is 0. The molecule has 25 heavy (non-hydrogen) atoms. The number of anilines is 1. The first-order chi connectivity index (χ1) is 12.1. The van der Waals surface area contributed by atoms with Gasteiger partial charge in [-0.2, -0.15) is 5.11 Å². The van der Waals surface area contributed by atoms with Gasteiger partial charge in [0.2, 0.25) is 0 Å². The first-order valence-electron chi connectivity index (χ1n) is 7.91. The van der Waals surface area contributed by atoms with E-state index in [9.17, 15) is 9.59 Å². The van der Waals surface area contributed by atoms with Crippen molar-refractivity contribution in [2.24, 2.45) is 10.3 Å². The zero-order chi connectivity index (χ0) is 17.6. The standard InChI is InChI=1S/C18H15ClN4O2/c1-11-5-2-3-6-12(11)10-22-16-15(20-21-22)17(24)23(18(16)25)14-8-4-7-13(19)9-14/h2-9,15-16H,10H2,1H3/t15-,16+/m1/s1. The van der Waals surface area contributed by atoms with E-state index in [-0.39, 0.29) is 11.8 Å². The summed E-state index contributed by atoms with van der Waals surface area (Å²) >= 11 is 5.99. The number of hydrogen-bond donors (Lipinski definition) is 0. The lowest BCUT2D eigenvalue weighted by Crippen LogP contribution is -2.39. The predicted octanol–water partition coefficient (Wildman–Crippen LogP) is 3.14. The molecular formula is C18H15ClN4O2. The second-order valence-corrected chi connectivity index (χ2v) is 6.55. The van der Waals surface area contributed by atoms with Gasteiger partial charge in [0.15, 0.2) is 12.1 Å². The summed E-state index contributed by atoms with van der Waals surface area (Å²) in [5.74, 6) is -0.691. The number of hydrogen-bond acceptors (Lipinski definition) is 5. The maximum Gasteiger partial charge on any atom is 0.263 e. The summed E-state index contributed by atoms with van der Waals surface area (Å²) in [7, 11) is 0. The number of halogens is 1. The van der Waals surface area contributed by atoms with E-state index in [2.05, 4.69) is 10.3 Å². The highest BCUT2D eigenvalue weighted by atomic mass is 35.5. The number of nitrogens with zero attached hydrogens (tertiary/aromatic N) is 4. The molecule has 126 valence electrons. The van der Waals surface area contributed by atoms with E-state index in [1.807, 2.05) is 31.2 Å². The molecule has 2 aliphatic heterocycles. The molecule has 0 unspecified atom stereocenters. The molecule has 2 aliphatic rings. The lowest BCUT2D eigenvalue weighted by atomic mass is 10.1. The van der Waals surface area contributed by atoms with E-state index >= 15 is 0 Å². The monoisotopic (exact) mass is 354 g/mol. The molecule has 0 saturated carbocycles. The normalized spacial score (nSPS) is 22.0. The second-order valence-electron chi connectivity index (χ2n) is 6.11. The molecule has 1 fully saturated rings. The van der Waals surface area contributed by atoms with Gasteiger partial charge in [-0.05, 0) is 36.2 Å². The molecule has 2 amide bonds. The average Bonchev–Trinajstić information content (AvgIpc) is 3.10. The summed E-state index contributed by atoms with van der Waals surface area (Å²) in [5.41, 5.74) is 2.61. The number of fused-ring (bicyclic) bond motifs is 1. The fourth-order valence-electron chi connectivity index (χ4n) is 3.19. The van der Waals surface area contributed by atoms with Crippen molar-refractivity contribution in [1.29, 1.82) is 0 Å². The Kier molecular flexibility index (Phi) is 3.77. The average molecular weight is 355 g/mol. The minimum absolute atomic E-state index is 0.323. The van der Waals surface area contributed by atoms with Crippen molar-refractivity contribution in [1.82, 2.24) is 5.01 Å². The molecule has 0 radical (unpaired) electrons. The molecule has 4 rings (SSSR count). The highest BCUT2D eigenvalue weighted by molar-refractivity contribution is 6.31. The molecule has 7 heteroatoms. The smallest absolute Gasteiger partial charge is 0.263 e. The number of carbonyl (C=O) groups excluding carboxylic acids is 2. The van der Waals surface area contributed by atoms with Crippen molar-refractivity contribution in [2.45, 2.75) is 25.6 Å². The van der Waals surface area contributed by atoms with Gasteiger partial charge in [0, 0.05) is 5.02 Å². The van der Waals surface area contributed by atoms with E-state index in [0.29, 0.717) is 17.3 Å². The van der Waals surface area contributed by atoms with Gasteiger partial charge in [-0.3, -0.25) is 14.6 Å². The largest absolute Gasteiger partial charge is 0.271 e. The fourth-order valence-corrected chi connectivity index (χ4v) is 3.37. The molecule has 0 aromatic heterocycles. The molecule has 2 heterocycles. The van der Waals surface area contributed by atoms with Crippen molar-refractivity contribution in [3.05, 3.63) is 64.7 Å². The quantitative estimate of drug-likeness (QED) is 0.795.